The molecule has 1 rings (SSSR count). The maximum absolute atomic E-state index is 12.0. The smallest absolute Gasteiger partial charge is 0.387 e. The van der Waals surface area contributed by atoms with E-state index in [9.17, 15) is 8.78 Å². The molecule has 1 aromatic rings. The first-order valence-electron chi connectivity index (χ1n) is 5.61. The summed E-state index contributed by atoms with van der Waals surface area (Å²) in [7, 11) is 3.95. The molecule has 0 amide bonds. The Kier molecular flexibility index (Phi) is 5.64. The lowest BCUT2D eigenvalue weighted by molar-refractivity contribution is -0.0498. The fourth-order valence-corrected chi connectivity index (χ4v) is 1.40. The Balaban J connectivity index is 2.47. The largest absolute Gasteiger partial charge is 0.491 e. The molecular formula is C12H18F2N2O2. The van der Waals surface area contributed by atoms with Crippen LogP contribution in [0.15, 0.2) is 18.2 Å². The zero-order valence-corrected chi connectivity index (χ0v) is 10.5. The van der Waals surface area contributed by atoms with Crippen molar-refractivity contribution in [2.24, 2.45) is 0 Å². The highest BCUT2D eigenvalue weighted by Crippen LogP contribution is 2.27. The number of nitrogens with zero attached hydrogens (tertiary/aromatic N) is 1. The number of hydrogen-bond donors (Lipinski definition) is 1. The molecule has 2 N–H and O–H groups in total. The Labute approximate surface area is 105 Å². The first-order valence-corrected chi connectivity index (χ1v) is 5.61. The van der Waals surface area contributed by atoms with Crippen molar-refractivity contribution in [3.8, 4) is 11.5 Å². The molecule has 0 saturated heterocycles. The minimum atomic E-state index is -2.85. The Bertz CT molecular complexity index is 373. The van der Waals surface area contributed by atoms with Crippen molar-refractivity contribution in [3.63, 3.8) is 0 Å². The van der Waals surface area contributed by atoms with E-state index in [4.69, 9.17) is 10.5 Å². The third-order valence-corrected chi connectivity index (χ3v) is 2.21. The standard InChI is InChI=1S/C12H18F2N2O2/c1-16(2)6-3-7-17-11-5-4-9(8-10(11)15)18-12(13)14/h4-5,8,12H,3,6-7,15H2,1-2H3. The van der Waals surface area contributed by atoms with Gasteiger partial charge in [0.25, 0.3) is 0 Å². The average Bonchev–Trinajstić information content (AvgIpc) is 2.25. The molecular weight excluding hydrogens is 242 g/mol. The number of rotatable bonds is 7. The van der Waals surface area contributed by atoms with E-state index in [2.05, 4.69) is 4.74 Å². The van der Waals surface area contributed by atoms with Crippen LogP contribution in [0.2, 0.25) is 0 Å². The van der Waals surface area contributed by atoms with E-state index in [0.29, 0.717) is 12.4 Å². The topological polar surface area (TPSA) is 47.7 Å². The van der Waals surface area contributed by atoms with E-state index in [-0.39, 0.29) is 11.4 Å². The van der Waals surface area contributed by atoms with Crippen LogP contribution < -0.4 is 15.2 Å². The number of nitrogens with two attached hydrogens (primary N) is 1. The van der Waals surface area contributed by atoms with Crippen LogP contribution in [-0.2, 0) is 0 Å². The highest BCUT2D eigenvalue weighted by molar-refractivity contribution is 5.56. The van der Waals surface area contributed by atoms with Gasteiger partial charge in [0.15, 0.2) is 0 Å². The maximum atomic E-state index is 12.0. The SMILES string of the molecule is CN(C)CCCOc1ccc(OC(F)F)cc1N. The number of anilines is 1. The molecule has 0 aromatic heterocycles. The molecule has 0 atom stereocenters. The second-order valence-electron chi connectivity index (χ2n) is 4.08. The lowest BCUT2D eigenvalue weighted by Gasteiger charge is -2.12. The molecule has 0 spiro atoms. The first kappa shape index (κ1) is 14.5. The summed E-state index contributed by atoms with van der Waals surface area (Å²) in [6.45, 7) is -1.42. The lowest BCUT2D eigenvalue weighted by Crippen LogP contribution is -2.15. The molecule has 0 heterocycles. The summed E-state index contributed by atoms with van der Waals surface area (Å²) >= 11 is 0. The van der Waals surface area contributed by atoms with Gasteiger partial charge in [-0.05, 0) is 32.6 Å². The Morgan fingerprint density at radius 1 is 1.33 bits per heavy atom. The fraction of sp³-hybridized carbons (Fsp3) is 0.500. The third-order valence-electron chi connectivity index (χ3n) is 2.21. The van der Waals surface area contributed by atoms with Gasteiger partial charge in [-0.1, -0.05) is 0 Å². The monoisotopic (exact) mass is 260 g/mol. The van der Waals surface area contributed by atoms with Crippen molar-refractivity contribution in [3.05, 3.63) is 18.2 Å². The van der Waals surface area contributed by atoms with Gasteiger partial charge in [0.2, 0.25) is 0 Å². The summed E-state index contributed by atoms with van der Waals surface area (Å²) in [5.41, 5.74) is 5.97. The number of halogens is 2. The number of nitrogen functional groups attached to an aromatic ring is 1. The van der Waals surface area contributed by atoms with E-state index >= 15 is 0 Å². The minimum absolute atomic E-state index is 0.0307. The van der Waals surface area contributed by atoms with Crippen LogP contribution in [0.5, 0.6) is 11.5 Å². The average molecular weight is 260 g/mol. The minimum Gasteiger partial charge on any atom is -0.491 e. The zero-order chi connectivity index (χ0) is 13.5. The summed E-state index contributed by atoms with van der Waals surface area (Å²) in [6.07, 6.45) is 0.863. The highest BCUT2D eigenvalue weighted by atomic mass is 19.3. The van der Waals surface area contributed by atoms with E-state index in [1.54, 1.807) is 0 Å². The Hall–Kier alpha value is -1.56. The molecule has 0 aliphatic carbocycles. The van der Waals surface area contributed by atoms with Crippen molar-refractivity contribution < 1.29 is 18.3 Å². The summed E-state index contributed by atoms with van der Waals surface area (Å²) in [5.74, 6) is 0.513. The van der Waals surface area contributed by atoms with Crippen molar-refractivity contribution in [2.75, 3.05) is 33.0 Å². The summed E-state index contributed by atoms with van der Waals surface area (Å²) in [5, 5.41) is 0. The predicted molar refractivity (Wildman–Crippen MR) is 66.2 cm³/mol. The Morgan fingerprint density at radius 3 is 2.61 bits per heavy atom. The number of hydrogen-bond acceptors (Lipinski definition) is 4. The number of benzene rings is 1. The first-order chi connectivity index (χ1) is 8.49. The lowest BCUT2D eigenvalue weighted by atomic mass is 10.3. The molecule has 0 aliphatic rings. The summed E-state index contributed by atoms with van der Waals surface area (Å²) < 4.78 is 33.6. The Morgan fingerprint density at radius 2 is 2.06 bits per heavy atom. The van der Waals surface area contributed by atoms with E-state index < -0.39 is 6.61 Å². The van der Waals surface area contributed by atoms with E-state index in [1.165, 1.54) is 18.2 Å². The second-order valence-corrected chi connectivity index (χ2v) is 4.08. The summed E-state index contributed by atoms with van der Waals surface area (Å²) in [6, 6.07) is 4.26. The maximum Gasteiger partial charge on any atom is 0.387 e. The van der Waals surface area contributed by atoms with Crippen molar-refractivity contribution in [1.82, 2.24) is 4.90 Å². The molecule has 1 aromatic carbocycles. The van der Waals surface area contributed by atoms with E-state index in [1.807, 2.05) is 19.0 Å². The molecule has 6 heteroatoms. The molecule has 0 radical (unpaired) electrons. The molecule has 0 saturated carbocycles. The van der Waals surface area contributed by atoms with Gasteiger partial charge in [-0.2, -0.15) is 8.78 Å². The molecule has 0 aliphatic heterocycles. The van der Waals surface area contributed by atoms with Gasteiger partial charge < -0.3 is 20.1 Å². The molecule has 0 bridgehead atoms. The predicted octanol–water partition coefficient (Wildman–Crippen LogP) is 2.20. The molecule has 4 nitrogen and oxygen atoms in total. The highest BCUT2D eigenvalue weighted by Gasteiger charge is 2.07. The van der Waals surface area contributed by atoms with Crippen LogP contribution in [0.3, 0.4) is 0 Å². The fourth-order valence-electron chi connectivity index (χ4n) is 1.40. The zero-order valence-electron chi connectivity index (χ0n) is 10.5. The van der Waals surface area contributed by atoms with Crippen LogP contribution in [-0.4, -0.2) is 38.8 Å². The third kappa shape index (κ3) is 5.18. The van der Waals surface area contributed by atoms with Gasteiger partial charge in [0, 0.05) is 12.6 Å². The van der Waals surface area contributed by atoms with Crippen LogP contribution >= 0.6 is 0 Å². The number of alkyl halides is 2. The van der Waals surface area contributed by atoms with Gasteiger partial charge in [-0.15, -0.1) is 0 Å². The van der Waals surface area contributed by atoms with Gasteiger partial charge in [0.1, 0.15) is 11.5 Å². The van der Waals surface area contributed by atoms with Crippen LogP contribution in [0.1, 0.15) is 6.42 Å². The number of ether oxygens (including phenoxy) is 2. The van der Waals surface area contributed by atoms with Crippen LogP contribution in [0.25, 0.3) is 0 Å². The van der Waals surface area contributed by atoms with E-state index in [0.717, 1.165) is 13.0 Å². The molecule has 102 valence electrons. The molecule has 18 heavy (non-hydrogen) atoms. The van der Waals surface area contributed by atoms with Crippen molar-refractivity contribution in [1.29, 1.82) is 0 Å². The van der Waals surface area contributed by atoms with Gasteiger partial charge in [-0.3, -0.25) is 0 Å². The van der Waals surface area contributed by atoms with Crippen LogP contribution in [0, 0.1) is 0 Å². The van der Waals surface area contributed by atoms with Gasteiger partial charge in [-0.25, -0.2) is 0 Å². The van der Waals surface area contributed by atoms with Crippen molar-refractivity contribution >= 4 is 5.69 Å². The normalized spacial score (nSPS) is 11.0. The quantitative estimate of drug-likeness (QED) is 0.603. The van der Waals surface area contributed by atoms with Crippen LogP contribution in [0.4, 0.5) is 14.5 Å². The summed E-state index contributed by atoms with van der Waals surface area (Å²) in [4.78, 5) is 2.05. The second kappa shape index (κ2) is 7.00. The molecule has 0 fully saturated rings. The van der Waals surface area contributed by atoms with Gasteiger partial charge >= 0.3 is 6.61 Å². The molecule has 0 unspecified atom stereocenters. The van der Waals surface area contributed by atoms with Gasteiger partial charge in [0.05, 0.1) is 12.3 Å². The van der Waals surface area contributed by atoms with Crippen molar-refractivity contribution in [2.45, 2.75) is 13.0 Å².